The van der Waals surface area contributed by atoms with Crippen molar-refractivity contribution in [3.05, 3.63) is 11.9 Å². The molecule has 1 aromatic heterocycles. The van der Waals surface area contributed by atoms with Crippen LogP contribution in [-0.2, 0) is 46.5 Å². The Morgan fingerprint density at radius 2 is 1.44 bits per heavy atom. The molecule has 0 spiro atoms. The Labute approximate surface area is 343 Å². The summed E-state index contributed by atoms with van der Waals surface area (Å²) < 4.78 is 1.57. The fourth-order valence-corrected chi connectivity index (χ4v) is 6.80. The summed E-state index contributed by atoms with van der Waals surface area (Å²) in [5, 5.41) is 41.8. The minimum absolute atomic E-state index is 0.0176. The van der Waals surface area contributed by atoms with Crippen LogP contribution in [0.25, 0.3) is 0 Å². The number of rotatable bonds is 11. The van der Waals surface area contributed by atoms with E-state index in [0.717, 1.165) is 0 Å². The van der Waals surface area contributed by atoms with Gasteiger partial charge in [0.2, 0.25) is 35.4 Å². The molecule has 2 aliphatic rings. The summed E-state index contributed by atoms with van der Waals surface area (Å²) in [5.41, 5.74) is 17.5. The van der Waals surface area contributed by atoms with Gasteiger partial charge >= 0.3 is 0 Å². The third-order valence-electron chi connectivity index (χ3n) is 9.86. The molecule has 3 heterocycles. The second kappa shape index (κ2) is 24.1. The van der Waals surface area contributed by atoms with Crippen molar-refractivity contribution < 1.29 is 33.6 Å². The van der Waals surface area contributed by atoms with Crippen molar-refractivity contribution >= 4 is 53.6 Å². The van der Waals surface area contributed by atoms with Crippen molar-refractivity contribution in [2.75, 3.05) is 26.2 Å². The third kappa shape index (κ3) is 16.5. The maximum absolute atomic E-state index is 13.7. The number of nitrogens with two attached hydrogens (primary N) is 3. The number of nitrogens with zero attached hydrogens (tertiary/aromatic N) is 4. The number of aryl methyl sites for hydroxylation is 1. The molecule has 6 amide bonds. The van der Waals surface area contributed by atoms with Crippen LogP contribution in [0.2, 0.25) is 0 Å². The number of hydrogen-bond acceptors (Lipinski definition) is 12. The maximum atomic E-state index is 13.7. The maximum Gasteiger partial charge on any atom is 0.243 e. The molecule has 0 aliphatic carbocycles. The van der Waals surface area contributed by atoms with Crippen LogP contribution in [0.5, 0.6) is 0 Å². The van der Waals surface area contributed by atoms with Crippen molar-refractivity contribution in [3.8, 4) is 0 Å². The Bertz CT molecular complexity index is 1640. The fourth-order valence-electron chi connectivity index (χ4n) is 6.80. The topological polar surface area (TPSA) is 363 Å². The first kappa shape index (κ1) is 47.5. The molecule has 2 bridgehead atoms. The molecule has 2 aliphatic heterocycles. The quantitative estimate of drug-likeness (QED) is 0.0440. The molecule has 0 aromatic carbocycles. The van der Waals surface area contributed by atoms with Gasteiger partial charge in [-0.3, -0.25) is 44.3 Å². The zero-order chi connectivity index (χ0) is 43.5. The number of nitrogens with one attached hydrogen (secondary N) is 9. The molecule has 0 saturated carbocycles. The Kier molecular flexibility index (Phi) is 19.4. The highest BCUT2D eigenvalue weighted by atomic mass is 16.2. The second-order valence-electron chi connectivity index (χ2n) is 15.3. The Balaban J connectivity index is 1.88. The summed E-state index contributed by atoms with van der Waals surface area (Å²) in [4.78, 5) is 94.7. The molecule has 1 aromatic rings. The highest BCUT2D eigenvalue weighted by molar-refractivity contribution is 5.96. The SMILES string of the molecule is CC(C)C[C@@H]1NC(=O)[C@@H](N)Cc2cn(nn2)CCCC[C@@H](C=O)NC(=O)[C@H](CCCNC(=N)N)NC(=O)[C@@H]2CCCN2C(=O)CNC(=O)[C@H](CCCNC(=N)N)NC1=O. The van der Waals surface area contributed by atoms with Crippen molar-refractivity contribution in [2.24, 2.45) is 23.1 Å². The largest absolute Gasteiger partial charge is 0.370 e. The van der Waals surface area contributed by atoms with Gasteiger partial charge in [0.25, 0.3) is 0 Å². The first-order valence-corrected chi connectivity index (χ1v) is 20.1. The van der Waals surface area contributed by atoms with Gasteiger partial charge in [0.05, 0.1) is 24.3 Å². The first-order chi connectivity index (χ1) is 28.1. The predicted molar refractivity (Wildman–Crippen MR) is 215 cm³/mol. The van der Waals surface area contributed by atoms with Gasteiger partial charge < -0.3 is 64.1 Å². The molecule has 3 rings (SSSR count). The number of hydrogen-bond donors (Lipinski definition) is 12. The van der Waals surface area contributed by atoms with E-state index in [2.05, 4.69) is 47.5 Å². The summed E-state index contributed by atoms with van der Waals surface area (Å²) in [6.07, 6.45) is 5.50. The van der Waals surface area contributed by atoms with Crippen LogP contribution >= 0.6 is 0 Å². The lowest BCUT2D eigenvalue weighted by Crippen LogP contribution is -2.57. The van der Waals surface area contributed by atoms with E-state index in [1.54, 1.807) is 10.9 Å². The van der Waals surface area contributed by atoms with Crippen LogP contribution < -0.4 is 54.4 Å². The van der Waals surface area contributed by atoms with Crippen LogP contribution in [0.15, 0.2) is 6.20 Å². The van der Waals surface area contributed by atoms with Crippen molar-refractivity contribution in [2.45, 2.75) is 127 Å². The molecular formula is C36H62N16O7. The minimum Gasteiger partial charge on any atom is -0.370 e. The normalized spacial score (nSPS) is 24.7. The second-order valence-corrected chi connectivity index (χ2v) is 15.3. The van der Waals surface area contributed by atoms with Gasteiger partial charge in [0, 0.05) is 38.8 Å². The molecule has 15 N–H and O–H groups in total. The van der Waals surface area contributed by atoms with E-state index < -0.39 is 78.2 Å². The number of guanidine groups is 2. The number of amides is 6. The highest BCUT2D eigenvalue weighted by Gasteiger charge is 2.37. The van der Waals surface area contributed by atoms with Crippen LogP contribution in [0, 0.1) is 16.7 Å². The molecule has 6 atom stereocenters. The summed E-state index contributed by atoms with van der Waals surface area (Å²) in [7, 11) is 0. The number of fused-ring (bicyclic) bond motifs is 3. The minimum atomic E-state index is -1.16. The van der Waals surface area contributed by atoms with E-state index in [1.807, 2.05) is 13.8 Å². The first-order valence-electron chi connectivity index (χ1n) is 20.1. The van der Waals surface area contributed by atoms with Crippen molar-refractivity contribution in [1.82, 2.24) is 57.1 Å². The lowest BCUT2D eigenvalue weighted by Gasteiger charge is -2.28. The predicted octanol–water partition coefficient (Wildman–Crippen LogP) is -3.85. The molecular weight excluding hydrogens is 769 g/mol. The van der Waals surface area contributed by atoms with E-state index in [9.17, 15) is 33.6 Å². The number of aromatic nitrogens is 3. The molecule has 1 fully saturated rings. The van der Waals surface area contributed by atoms with Gasteiger partial charge in [0.1, 0.15) is 30.5 Å². The Morgan fingerprint density at radius 3 is 2.07 bits per heavy atom. The standard InChI is InChI=1S/C36H62N16O7/c1-21(2)16-27-33(58)46-25(9-5-12-42-35(38)39)31(56)44-18-29(54)52-15-7-11-28(52)34(59)47-26(10-6-13-43-36(40)41)32(57)45-22(20-53)8-3-4-14-51-19-23(49-50-51)17-24(37)30(55)48-27/h19-22,24-28H,3-18,37H2,1-2H3,(H,44,56)(H,45,57)(H,46,58)(H,47,59)(H,48,55)(H4,38,39,42)(H4,40,41,43)/t22-,24-,25-,26-,27-,28-/m0/s1. The zero-order valence-corrected chi connectivity index (χ0v) is 33.9. The molecule has 328 valence electrons. The monoisotopic (exact) mass is 830 g/mol. The van der Waals surface area contributed by atoms with E-state index in [0.29, 0.717) is 63.5 Å². The lowest BCUT2D eigenvalue weighted by molar-refractivity contribution is -0.140. The van der Waals surface area contributed by atoms with Crippen molar-refractivity contribution in [3.63, 3.8) is 0 Å². The van der Waals surface area contributed by atoms with E-state index >= 15 is 0 Å². The molecule has 59 heavy (non-hydrogen) atoms. The molecule has 0 radical (unpaired) electrons. The van der Waals surface area contributed by atoms with Gasteiger partial charge in [0.15, 0.2) is 11.9 Å². The summed E-state index contributed by atoms with van der Waals surface area (Å²) >= 11 is 0. The Morgan fingerprint density at radius 1 is 0.831 bits per heavy atom. The summed E-state index contributed by atoms with van der Waals surface area (Å²) in [6.45, 7) is 4.32. The van der Waals surface area contributed by atoms with E-state index in [-0.39, 0.29) is 63.2 Å². The zero-order valence-electron chi connectivity index (χ0n) is 33.9. The fraction of sp³-hybridized carbons (Fsp3) is 0.694. The van der Waals surface area contributed by atoms with Crippen LogP contribution in [-0.4, -0.2) is 136 Å². The van der Waals surface area contributed by atoms with Gasteiger partial charge in [-0.15, -0.1) is 5.10 Å². The summed E-state index contributed by atoms with van der Waals surface area (Å²) in [5.74, 6) is -4.27. The van der Waals surface area contributed by atoms with Gasteiger partial charge in [-0.05, 0) is 70.1 Å². The molecule has 1 saturated heterocycles. The van der Waals surface area contributed by atoms with Gasteiger partial charge in [-0.2, -0.15) is 0 Å². The van der Waals surface area contributed by atoms with Crippen LogP contribution in [0.3, 0.4) is 0 Å². The lowest BCUT2D eigenvalue weighted by atomic mass is 10.0. The Hall–Kier alpha value is -5.87. The average Bonchev–Trinajstić information content (AvgIpc) is 3.86. The number of carbonyl (C=O) groups excluding carboxylic acids is 7. The third-order valence-corrected chi connectivity index (χ3v) is 9.86. The van der Waals surface area contributed by atoms with Gasteiger partial charge in [-0.1, -0.05) is 19.1 Å². The van der Waals surface area contributed by atoms with Crippen molar-refractivity contribution in [1.29, 1.82) is 10.8 Å². The van der Waals surface area contributed by atoms with E-state index in [1.165, 1.54) is 4.90 Å². The number of aldehydes is 1. The smallest absolute Gasteiger partial charge is 0.243 e. The number of carbonyl (C=O) groups is 7. The highest BCUT2D eigenvalue weighted by Crippen LogP contribution is 2.18. The molecule has 0 unspecified atom stereocenters. The van der Waals surface area contributed by atoms with E-state index in [4.69, 9.17) is 28.0 Å². The van der Waals surface area contributed by atoms with Crippen LogP contribution in [0.4, 0.5) is 0 Å². The van der Waals surface area contributed by atoms with Crippen LogP contribution in [0.1, 0.15) is 83.7 Å². The molecule has 23 nitrogen and oxygen atoms in total. The average molecular weight is 831 g/mol. The summed E-state index contributed by atoms with van der Waals surface area (Å²) in [6, 6.07) is -6.20. The van der Waals surface area contributed by atoms with Gasteiger partial charge in [-0.25, -0.2) is 0 Å². The molecule has 23 heteroatoms.